The largest absolute Gasteiger partial charge is 0.320 e. The number of nitrogens with one attached hydrogen (secondary N) is 1. The molecule has 0 spiro atoms. The Bertz CT molecular complexity index is 916. The SMILES string of the molecule is O=C1Nc2ccc(Cl)cc2/C1=N/N(c1ccccc1)c1ccccc1. The first-order valence-corrected chi connectivity index (χ1v) is 8.20. The fourth-order valence-corrected chi connectivity index (χ4v) is 2.90. The molecule has 25 heavy (non-hydrogen) atoms. The molecule has 0 fully saturated rings. The predicted octanol–water partition coefficient (Wildman–Crippen LogP) is 4.83. The maximum Gasteiger partial charge on any atom is 0.276 e. The summed E-state index contributed by atoms with van der Waals surface area (Å²) in [5.74, 6) is -0.242. The zero-order valence-corrected chi connectivity index (χ0v) is 13.9. The van der Waals surface area contributed by atoms with E-state index in [-0.39, 0.29) is 5.91 Å². The fourth-order valence-electron chi connectivity index (χ4n) is 2.73. The quantitative estimate of drug-likeness (QED) is 0.689. The second kappa shape index (κ2) is 6.42. The molecule has 0 atom stereocenters. The summed E-state index contributed by atoms with van der Waals surface area (Å²) in [5, 5.41) is 9.81. The number of para-hydroxylation sites is 2. The van der Waals surface area contributed by atoms with Crippen molar-refractivity contribution in [1.29, 1.82) is 0 Å². The lowest BCUT2D eigenvalue weighted by atomic mass is 10.1. The molecule has 0 radical (unpaired) electrons. The third kappa shape index (κ3) is 2.99. The Hall–Kier alpha value is -3.11. The van der Waals surface area contributed by atoms with Gasteiger partial charge in [-0.3, -0.25) is 4.79 Å². The molecule has 1 aliphatic heterocycles. The lowest BCUT2D eigenvalue weighted by molar-refractivity contribution is -0.110. The number of benzene rings is 3. The van der Waals surface area contributed by atoms with Crippen LogP contribution in [0.1, 0.15) is 5.56 Å². The van der Waals surface area contributed by atoms with Crippen molar-refractivity contribution in [3.63, 3.8) is 0 Å². The third-order valence-electron chi connectivity index (χ3n) is 3.90. The van der Waals surface area contributed by atoms with Crippen molar-refractivity contribution in [2.45, 2.75) is 0 Å². The molecule has 0 bridgehead atoms. The van der Waals surface area contributed by atoms with Crippen LogP contribution in [0.25, 0.3) is 0 Å². The van der Waals surface area contributed by atoms with Gasteiger partial charge in [-0.1, -0.05) is 48.0 Å². The lowest BCUT2D eigenvalue weighted by Gasteiger charge is -2.20. The average molecular weight is 348 g/mol. The smallest absolute Gasteiger partial charge is 0.276 e. The molecular weight excluding hydrogens is 334 g/mol. The summed E-state index contributed by atoms with van der Waals surface area (Å²) >= 11 is 6.10. The summed E-state index contributed by atoms with van der Waals surface area (Å²) in [7, 11) is 0. The van der Waals surface area contributed by atoms with E-state index in [2.05, 4.69) is 10.4 Å². The molecule has 3 aromatic carbocycles. The van der Waals surface area contributed by atoms with Crippen molar-refractivity contribution in [3.8, 4) is 0 Å². The first-order valence-electron chi connectivity index (χ1n) is 7.82. The van der Waals surface area contributed by atoms with Crippen LogP contribution in [0.4, 0.5) is 17.1 Å². The molecule has 0 saturated heterocycles. The molecule has 5 heteroatoms. The summed E-state index contributed by atoms with van der Waals surface area (Å²) < 4.78 is 0. The molecule has 1 heterocycles. The molecule has 4 nitrogen and oxygen atoms in total. The number of fused-ring (bicyclic) bond motifs is 1. The summed E-state index contributed by atoms with van der Waals surface area (Å²) in [6.07, 6.45) is 0. The number of rotatable bonds is 3. The number of halogens is 1. The van der Waals surface area contributed by atoms with Crippen LogP contribution in [0, 0.1) is 0 Å². The Morgan fingerprint density at radius 1 is 0.840 bits per heavy atom. The van der Waals surface area contributed by atoms with Crippen molar-refractivity contribution in [1.82, 2.24) is 0 Å². The summed E-state index contributed by atoms with van der Waals surface area (Å²) in [4.78, 5) is 12.4. The van der Waals surface area contributed by atoms with E-state index >= 15 is 0 Å². The number of nitrogens with zero attached hydrogens (tertiary/aromatic N) is 2. The molecular formula is C20H14ClN3O. The molecule has 1 amide bonds. The maximum absolute atomic E-state index is 12.4. The number of carbonyl (C=O) groups is 1. The van der Waals surface area contributed by atoms with Crippen molar-refractivity contribution < 1.29 is 4.79 Å². The zero-order valence-electron chi connectivity index (χ0n) is 13.2. The highest BCUT2D eigenvalue weighted by molar-refractivity contribution is 6.54. The molecule has 0 aromatic heterocycles. The van der Waals surface area contributed by atoms with Gasteiger partial charge in [0.05, 0.1) is 17.1 Å². The molecule has 1 N–H and O–H groups in total. The Morgan fingerprint density at radius 3 is 2.04 bits per heavy atom. The van der Waals surface area contributed by atoms with Crippen LogP contribution in [0.2, 0.25) is 5.02 Å². The average Bonchev–Trinajstić information content (AvgIpc) is 2.95. The van der Waals surface area contributed by atoms with E-state index in [1.165, 1.54) is 0 Å². The fraction of sp³-hybridized carbons (Fsp3) is 0. The van der Waals surface area contributed by atoms with Crippen LogP contribution < -0.4 is 10.3 Å². The summed E-state index contributed by atoms with van der Waals surface area (Å²) in [5.41, 5.74) is 3.49. The van der Waals surface area contributed by atoms with Gasteiger partial charge < -0.3 is 5.32 Å². The van der Waals surface area contributed by atoms with Gasteiger partial charge in [0.15, 0.2) is 5.71 Å². The van der Waals surface area contributed by atoms with Crippen LogP contribution in [0.3, 0.4) is 0 Å². The minimum absolute atomic E-state index is 0.242. The Morgan fingerprint density at radius 2 is 1.44 bits per heavy atom. The predicted molar refractivity (Wildman–Crippen MR) is 102 cm³/mol. The van der Waals surface area contributed by atoms with E-state index in [0.717, 1.165) is 11.4 Å². The maximum atomic E-state index is 12.4. The van der Waals surface area contributed by atoms with Gasteiger partial charge in [-0.05, 0) is 42.5 Å². The van der Waals surface area contributed by atoms with E-state index in [0.29, 0.717) is 22.0 Å². The topological polar surface area (TPSA) is 44.7 Å². The highest BCUT2D eigenvalue weighted by atomic mass is 35.5. The third-order valence-corrected chi connectivity index (χ3v) is 4.14. The van der Waals surface area contributed by atoms with E-state index in [9.17, 15) is 4.79 Å². The second-order valence-corrected chi connectivity index (χ2v) is 6.01. The first kappa shape index (κ1) is 15.4. The van der Waals surface area contributed by atoms with Gasteiger partial charge in [-0.2, -0.15) is 5.10 Å². The van der Waals surface area contributed by atoms with Gasteiger partial charge in [0.25, 0.3) is 5.91 Å². The van der Waals surface area contributed by atoms with E-state index in [4.69, 9.17) is 11.6 Å². The molecule has 0 saturated carbocycles. The van der Waals surface area contributed by atoms with E-state index in [1.54, 1.807) is 23.2 Å². The monoisotopic (exact) mass is 347 g/mol. The summed E-state index contributed by atoms with van der Waals surface area (Å²) in [6, 6.07) is 24.7. The minimum Gasteiger partial charge on any atom is -0.320 e. The number of anilines is 3. The molecule has 1 aliphatic rings. The van der Waals surface area contributed by atoms with Crippen LogP contribution in [-0.2, 0) is 4.79 Å². The van der Waals surface area contributed by atoms with E-state index in [1.807, 2.05) is 60.7 Å². The first-order chi connectivity index (χ1) is 12.2. The van der Waals surface area contributed by atoms with Crippen molar-refractivity contribution >= 4 is 40.3 Å². The van der Waals surface area contributed by atoms with Crippen molar-refractivity contribution in [2.75, 3.05) is 10.3 Å². The number of hydrogen-bond donors (Lipinski definition) is 1. The zero-order chi connectivity index (χ0) is 17.2. The van der Waals surface area contributed by atoms with Crippen LogP contribution in [-0.4, -0.2) is 11.6 Å². The Labute approximate surface area is 150 Å². The number of hydrazone groups is 1. The van der Waals surface area contributed by atoms with Gasteiger partial charge in [0.2, 0.25) is 0 Å². The standard InChI is InChI=1S/C20H14ClN3O/c21-14-11-12-18-17(13-14)19(20(25)22-18)23-24(15-7-3-1-4-8-15)16-9-5-2-6-10-16/h1-13H,(H,22,23,25). The van der Waals surface area contributed by atoms with Crippen LogP contribution >= 0.6 is 11.6 Å². The highest BCUT2D eigenvalue weighted by Crippen LogP contribution is 2.30. The van der Waals surface area contributed by atoms with Gasteiger partial charge in [0, 0.05) is 10.6 Å². The molecule has 3 aromatic rings. The number of hydrogen-bond acceptors (Lipinski definition) is 3. The van der Waals surface area contributed by atoms with Gasteiger partial charge in [0.1, 0.15) is 0 Å². The second-order valence-electron chi connectivity index (χ2n) is 5.58. The molecule has 122 valence electrons. The van der Waals surface area contributed by atoms with Gasteiger partial charge in [-0.15, -0.1) is 0 Å². The van der Waals surface area contributed by atoms with Gasteiger partial charge in [-0.25, -0.2) is 5.01 Å². The van der Waals surface area contributed by atoms with Gasteiger partial charge >= 0.3 is 0 Å². The molecule has 0 unspecified atom stereocenters. The normalized spacial score (nSPS) is 14.3. The van der Waals surface area contributed by atoms with Crippen LogP contribution in [0.5, 0.6) is 0 Å². The highest BCUT2D eigenvalue weighted by Gasteiger charge is 2.27. The Balaban J connectivity index is 1.86. The number of carbonyl (C=O) groups excluding carboxylic acids is 1. The van der Waals surface area contributed by atoms with E-state index < -0.39 is 0 Å². The minimum atomic E-state index is -0.242. The lowest BCUT2D eigenvalue weighted by Crippen LogP contribution is -2.20. The van der Waals surface area contributed by atoms with Crippen LogP contribution in [0.15, 0.2) is 84.0 Å². The summed E-state index contributed by atoms with van der Waals surface area (Å²) in [6.45, 7) is 0. The van der Waals surface area contributed by atoms with Crippen molar-refractivity contribution in [2.24, 2.45) is 5.10 Å². The number of amides is 1. The Kier molecular flexibility index (Phi) is 3.96. The molecule has 4 rings (SSSR count). The molecule has 0 aliphatic carbocycles. The van der Waals surface area contributed by atoms with Crippen molar-refractivity contribution in [3.05, 3.63) is 89.4 Å².